The molecule has 6 nitrogen and oxygen atoms in total. The summed E-state index contributed by atoms with van der Waals surface area (Å²) in [6.07, 6.45) is 0. The molecule has 0 bridgehead atoms. The van der Waals surface area contributed by atoms with Crippen LogP contribution in [0, 0.1) is 11.6 Å². The quantitative estimate of drug-likeness (QED) is 0.533. The molecule has 0 saturated carbocycles. The number of nitrogens with one attached hydrogen (secondary N) is 3. The Hall–Kier alpha value is -3.26. The highest BCUT2D eigenvalue weighted by Crippen LogP contribution is 2.18. The molecule has 0 radical (unpaired) electrons. The number of halogens is 2. The maximum Gasteiger partial charge on any atom is 0.268 e. The van der Waals surface area contributed by atoms with Crippen LogP contribution in [0.15, 0.2) is 48.5 Å². The van der Waals surface area contributed by atoms with Crippen LogP contribution in [-0.2, 0) is 4.79 Å². The van der Waals surface area contributed by atoms with E-state index in [-0.39, 0.29) is 12.1 Å². The average Bonchev–Trinajstić information content (AvgIpc) is 3.09. The first-order valence-corrected chi connectivity index (χ1v) is 8.19. The fourth-order valence-corrected chi connectivity index (χ4v) is 2.70. The lowest BCUT2D eigenvalue weighted by Crippen LogP contribution is -2.40. The van der Waals surface area contributed by atoms with Gasteiger partial charge in [-0.25, -0.2) is 8.78 Å². The van der Waals surface area contributed by atoms with Gasteiger partial charge in [0.1, 0.15) is 17.3 Å². The Morgan fingerprint density at radius 3 is 2.59 bits per heavy atom. The summed E-state index contributed by atoms with van der Waals surface area (Å²) in [4.78, 5) is 27.1. The Kier molecular flexibility index (Phi) is 5.46. The highest BCUT2D eigenvalue weighted by atomic mass is 19.1. The van der Waals surface area contributed by atoms with E-state index in [0.717, 1.165) is 23.0 Å². The molecule has 3 aromatic rings. The van der Waals surface area contributed by atoms with E-state index in [1.54, 1.807) is 6.07 Å². The molecule has 1 aromatic heterocycles. The fourth-order valence-electron chi connectivity index (χ4n) is 2.70. The smallest absolute Gasteiger partial charge is 0.268 e. The lowest BCUT2D eigenvalue weighted by atomic mass is 10.1. The molecule has 140 valence electrons. The van der Waals surface area contributed by atoms with Crippen molar-refractivity contribution in [2.75, 3.05) is 13.2 Å². The number of amides is 2. The number of aliphatic hydroxyl groups is 1. The van der Waals surface area contributed by atoms with E-state index in [1.807, 2.05) is 24.3 Å². The normalized spacial score (nSPS) is 12.0. The van der Waals surface area contributed by atoms with Crippen LogP contribution in [0.25, 0.3) is 10.9 Å². The van der Waals surface area contributed by atoms with Crippen LogP contribution >= 0.6 is 0 Å². The topological polar surface area (TPSA) is 94.2 Å². The second kappa shape index (κ2) is 7.96. The summed E-state index contributed by atoms with van der Waals surface area (Å²) >= 11 is 0. The molecule has 0 fully saturated rings. The van der Waals surface area contributed by atoms with E-state index >= 15 is 0 Å². The third-order valence-electron chi connectivity index (χ3n) is 4.04. The number of hydrogen-bond donors (Lipinski definition) is 4. The molecule has 0 aliphatic rings. The van der Waals surface area contributed by atoms with E-state index in [1.165, 1.54) is 0 Å². The van der Waals surface area contributed by atoms with Gasteiger partial charge >= 0.3 is 0 Å². The third-order valence-corrected chi connectivity index (χ3v) is 4.04. The predicted octanol–water partition coefficient (Wildman–Crippen LogP) is 2.03. The van der Waals surface area contributed by atoms with Gasteiger partial charge in [-0.3, -0.25) is 9.59 Å². The average molecular weight is 373 g/mol. The van der Waals surface area contributed by atoms with E-state index in [0.29, 0.717) is 11.8 Å². The predicted molar refractivity (Wildman–Crippen MR) is 95.0 cm³/mol. The summed E-state index contributed by atoms with van der Waals surface area (Å²) in [5.74, 6) is -2.74. The zero-order chi connectivity index (χ0) is 19.4. The third kappa shape index (κ3) is 4.29. The number of carbonyl (C=O) groups is 2. The molecule has 0 spiro atoms. The van der Waals surface area contributed by atoms with Gasteiger partial charge in [-0.1, -0.05) is 24.3 Å². The van der Waals surface area contributed by atoms with Gasteiger partial charge in [0.25, 0.3) is 5.91 Å². The van der Waals surface area contributed by atoms with Crippen molar-refractivity contribution in [1.29, 1.82) is 0 Å². The number of aromatic amines is 1. The van der Waals surface area contributed by atoms with Crippen LogP contribution in [0.3, 0.4) is 0 Å². The first-order valence-electron chi connectivity index (χ1n) is 8.19. The van der Waals surface area contributed by atoms with Crippen LogP contribution in [-0.4, -0.2) is 35.1 Å². The van der Waals surface area contributed by atoms with Gasteiger partial charge in [-0.15, -0.1) is 0 Å². The molecular formula is C19H17F2N3O3. The summed E-state index contributed by atoms with van der Waals surface area (Å²) < 4.78 is 26.8. The number of fused-ring (bicyclic) bond motifs is 1. The number of hydrogen-bond acceptors (Lipinski definition) is 3. The SMILES string of the molecule is O=C(CNC(=O)c1cc2ccccc2[nH]1)NC(CO)c1ccc(F)cc1F. The van der Waals surface area contributed by atoms with Crippen LogP contribution < -0.4 is 10.6 Å². The molecule has 1 unspecified atom stereocenters. The van der Waals surface area contributed by atoms with Crippen molar-refractivity contribution in [3.05, 3.63) is 71.4 Å². The van der Waals surface area contributed by atoms with Gasteiger partial charge in [0.15, 0.2) is 0 Å². The lowest BCUT2D eigenvalue weighted by molar-refractivity contribution is -0.121. The highest BCUT2D eigenvalue weighted by molar-refractivity contribution is 5.99. The van der Waals surface area contributed by atoms with Crippen molar-refractivity contribution >= 4 is 22.7 Å². The van der Waals surface area contributed by atoms with Crippen molar-refractivity contribution in [3.63, 3.8) is 0 Å². The maximum atomic E-state index is 13.8. The van der Waals surface area contributed by atoms with Gasteiger partial charge < -0.3 is 20.7 Å². The molecule has 27 heavy (non-hydrogen) atoms. The Morgan fingerprint density at radius 1 is 1.11 bits per heavy atom. The van der Waals surface area contributed by atoms with Crippen molar-refractivity contribution in [1.82, 2.24) is 15.6 Å². The molecule has 1 atom stereocenters. The number of carbonyl (C=O) groups excluding carboxylic acids is 2. The minimum Gasteiger partial charge on any atom is -0.394 e. The number of H-pyrrole nitrogens is 1. The maximum absolute atomic E-state index is 13.8. The minimum absolute atomic E-state index is 0.0470. The molecule has 4 N–H and O–H groups in total. The van der Waals surface area contributed by atoms with Crippen molar-refractivity contribution in [3.8, 4) is 0 Å². The van der Waals surface area contributed by atoms with Gasteiger partial charge in [0.05, 0.1) is 19.2 Å². The summed E-state index contributed by atoms with van der Waals surface area (Å²) in [6, 6.07) is 10.8. The number of benzene rings is 2. The second-order valence-corrected chi connectivity index (χ2v) is 5.92. The zero-order valence-electron chi connectivity index (χ0n) is 14.1. The highest BCUT2D eigenvalue weighted by Gasteiger charge is 2.19. The molecule has 0 saturated heterocycles. The molecule has 8 heteroatoms. The summed E-state index contributed by atoms with van der Waals surface area (Å²) in [6.45, 7) is -0.947. The fraction of sp³-hybridized carbons (Fsp3) is 0.158. The molecule has 0 aliphatic carbocycles. The molecule has 2 aromatic carbocycles. The number of rotatable bonds is 6. The monoisotopic (exact) mass is 373 g/mol. The molecule has 1 heterocycles. The number of aromatic nitrogens is 1. The largest absolute Gasteiger partial charge is 0.394 e. The second-order valence-electron chi connectivity index (χ2n) is 5.92. The van der Waals surface area contributed by atoms with E-state index < -0.39 is 36.1 Å². The number of aliphatic hydroxyl groups excluding tert-OH is 1. The van der Waals surface area contributed by atoms with Crippen molar-refractivity contribution < 1.29 is 23.5 Å². The lowest BCUT2D eigenvalue weighted by Gasteiger charge is -2.17. The molecule has 0 aliphatic heterocycles. The van der Waals surface area contributed by atoms with Crippen molar-refractivity contribution in [2.24, 2.45) is 0 Å². The van der Waals surface area contributed by atoms with Crippen LogP contribution in [0.1, 0.15) is 22.1 Å². The van der Waals surface area contributed by atoms with E-state index in [9.17, 15) is 23.5 Å². The first-order chi connectivity index (χ1) is 13.0. The van der Waals surface area contributed by atoms with Gasteiger partial charge in [0, 0.05) is 22.5 Å². The Balaban J connectivity index is 1.60. The van der Waals surface area contributed by atoms with Crippen LogP contribution in [0.2, 0.25) is 0 Å². The van der Waals surface area contributed by atoms with E-state index in [2.05, 4.69) is 15.6 Å². The molecular weight excluding hydrogens is 356 g/mol. The minimum atomic E-state index is -1.05. The van der Waals surface area contributed by atoms with Gasteiger partial charge in [0.2, 0.25) is 5.91 Å². The summed E-state index contributed by atoms with van der Waals surface area (Å²) in [5, 5.41) is 15.1. The molecule has 2 amide bonds. The molecule has 3 rings (SSSR count). The summed E-state index contributed by atoms with van der Waals surface area (Å²) in [5.41, 5.74) is 1.04. The van der Waals surface area contributed by atoms with Gasteiger partial charge in [-0.05, 0) is 18.2 Å². The standard InChI is InChI=1S/C19H17F2N3O3/c20-12-5-6-13(14(21)8-12)17(10-25)24-18(26)9-22-19(27)16-7-11-3-1-2-4-15(11)23-16/h1-8,17,23,25H,9-10H2,(H,22,27)(H,24,26). The van der Waals surface area contributed by atoms with Gasteiger partial charge in [-0.2, -0.15) is 0 Å². The number of para-hydroxylation sites is 1. The van der Waals surface area contributed by atoms with E-state index in [4.69, 9.17) is 0 Å². The van der Waals surface area contributed by atoms with Crippen LogP contribution in [0.5, 0.6) is 0 Å². The Morgan fingerprint density at radius 2 is 1.89 bits per heavy atom. The zero-order valence-corrected chi connectivity index (χ0v) is 14.1. The summed E-state index contributed by atoms with van der Waals surface area (Å²) in [7, 11) is 0. The Bertz CT molecular complexity index is 954. The Labute approximate surface area is 153 Å². The van der Waals surface area contributed by atoms with Crippen LogP contribution in [0.4, 0.5) is 8.78 Å². The van der Waals surface area contributed by atoms with Crippen molar-refractivity contribution in [2.45, 2.75) is 6.04 Å². The first kappa shape index (κ1) is 18.5.